The number of rotatable bonds is 5. The zero-order valence-electron chi connectivity index (χ0n) is 13.2. The molecular weight excluding hydrogens is 262 g/mol. The van der Waals surface area contributed by atoms with E-state index < -0.39 is 0 Å². The first-order valence-corrected chi connectivity index (χ1v) is 7.61. The highest BCUT2D eigenvalue weighted by molar-refractivity contribution is 5.50. The number of hydrogen-bond donors (Lipinski definition) is 1. The van der Waals surface area contributed by atoms with E-state index in [1.54, 1.807) is 6.33 Å². The molecule has 1 aliphatic rings. The topological polar surface area (TPSA) is 55.6 Å². The molecule has 2 heterocycles. The Morgan fingerprint density at radius 2 is 1.95 bits per heavy atom. The molecule has 0 bridgehead atoms. The monoisotopic (exact) mass is 285 g/mol. The molecule has 0 radical (unpaired) electrons. The van der Waals surface area contributed by atoms with Gasteiger partial charge in [0.25, 0.3) is 0 Å². The average Bonchev–Trinajstić information content (AvgIpc) is 3.16. The summed E-state index contributed by atoms with van der Waals surface area (Å²) in [6.45, 7) is 7.41. The first kappa shape index (κ1) is 14.2. The van der Waals surface area contributed by atoms with Crippen molar-refractivity contribution >= 4 is 0 Å². The molecule has 3 rings (SSSR count). The summed E-state index contributed by atoms with van der Waals surface area (Å²) in [5, 5.41) is 3.59. The van der Waals surface area contributed by atoms with Gasteiger partial charge in [-0.2, -0.15) is 0 Å². The molecule has 21 heavy (non-hydrogen) atoms. The van der Waals surface area contributed by atoms with Crippen LogP contribution in [0.15, 0.2) is 12.5 Å². The Kier molecular flexibility index (Phi) is 3.76. The third-order valence-electron chi connectivity index (χ3n) is 4.16. The number of aromatic nitrogens is 4. The van der Waals surface area contributed by atoms with E-state index in [4.69, 9.17) is 9.97 Å². The molecular formula is C16H23N5. The summed E-state index contributed by atoms with van der Waals surface area (Å²) in [5.74, 6) is 1.20. The van der Waals surface area contributed by atoms with Gasteiger partial charge in [-0.05, 0) is 38.2 Å². The molecule has 5 heteroatoms. The molecule has 5 nitrogen and oxygen atoms in total. The Bertz CT molecular complexity index is 619. The lowest BCUT2D eigenvalue weighted by atomic mass is 9.98. The van der Waals surface area contributed by atoms with Crippen LogP contribution in [0.2, 0.25) is 0 Å². The smallest absolute Gasteiger partial charge is 0.178 e. The molecule has 1 fully saturated rings. The fourth-order valence-corrected chi connectivity index (χ4v) is 2.86. The predicted octanol–water partition coefficient (Wildman–Crippen LogP) is 2.35. The number of aryl methyl sites for hydroxylation is 3. The second-order valence-corrected chi connectivity index (χ2v) is 6.11. The summed E-state index contributed by atoms with van der Waals surface area (Å²) in [6.07, 6.45) is 6.23. The SMILES string of the molecule is Cc1nc(-c2cncn2C)nc(C)c1C(C)CNC1CC1. The summed E-state index contributed by atoms with van der Waals surface area (Å²) < 4.78 is 1.95. The molecule has 1 atom stereocenters. The van der Waals surface area contributed by atoms with Gasteiger partial charge in [-0.3, -0.25) is 0 Å². The van der Waals surface area contributed by atoms with Gasteiger partial charge in [0.05, 0.1) is 12.5 Å². The third-order valence-corrected chi connectivity index (χ3v) is 4.16. The Labute approximate surface area is 125 Å². The predicted molar refractivity (Wildman–Crippen MR) is 83.1 cm³/mol. The lowest BCUT2D eigenvalue weighted by molar-refractivity contribution is 0.603. The maximum absolute atomic E-state index is 4.70. The maximum Gasteiger partial charge on any atom is 0.178 e. The van der Waals surface area contributed by atoms with Crippen LogP contribution < -0.4 is 5.32 Å². The molecule has 0 spiro atoms. The van der Waals surface area contributed by atoms with Crippen LogP contribution in [0.1, 0.15) is 42.6 Å². The number of imidazole rings is 1. The summed E-state index contributed by atoms with van der Waals surface area (Å²) in [4.78, 5) is 13.5. The standard InChI is InChI=1S/C16H23N5/c1-10(7-18-13-5-6-13)15-11(2)19-16(20-12(15)3)14-8-17-9-21(14)4/h8-10,13,18H,5-7H2,1-4H3. The van der Waals surface area contributed by atoms with Gasteiger partial charge in [-0.15, -0.1) is 0 Å². The van der Waals surface area contributed by atoms with Crippen molar-refractivity contribution in [3.05, 3.63) is 29.5 Å². The molecule has 2 aromatic heterocycles. The van der Waals surface area contributed by atoms with E-state index in [0.717, 1.165) is 35.5 Å². The van der Waals surface area contributed by atoms with Crippen molar-refractivity contribution in [3.63, 3.8) is 0 Å². The number of nitrogens with one attached hydrogen (secondary N) is 1. The lowest BCUT2D eigenvalue weighted by Crippen LogP contribution is -2.23. The van der Waals surface area contributed by atoms with Crippen molar-refractivity contribution < 1.29 is 0 Å². The van der Waals surface area contributed by atoms with Gasteiger partial charge in [-0.25, -0.2) is 15.0 Å². The Balaban J connectivity index is 1.86. The highest BCUT2D eigenvalue weighted by Crippen LogP contribution is 2.25. The highest BCUT2D eigenvalue weighted by Gasteiger charge is 2.23. The van der Waals surface area contributed by atoms with Crippen LogP contribution >= 0.6 is 0 Å². The summed E-state index contributed by atoms with van der Waals surface area (Å²) in [5.41, 5.74) is 4.37. The zero-order chi connectivity index (χ0) is 15.0. The van der Waals surface area contributed by atoms with E-state index in [9.17, 15) is 0 Å². The minimum atomic E-state index is 0.436. The van der Waals surface area contributed by atoms with E-state index in [1.165, 1.54) is 18.4 Å². The highest BCUT2D eigenvalue weighted by atomic mass is 15.1. The Hall–Kier alpha value is -1.75. The van der Waals surface area contributed by atoms with Crippen LogP contribution in [0, 0.1) is 13.8 Å². The number of hydrogen-bond acceptors (Lipinski definition) is 4. The van der Waals surface area contributed by atoms with Gasteiger partial charge < -0.3 is 9.88 Å². The second kappa shape index (κ2) is 5.56. The number of nitrogens with zero attached hydrogens (tertiary/aromatic N) is 4. The third kappa shape index (κ3) is 2.97. The Morgan fingerprint density at radius 3 is 2.48 bits per heavy atom. The summed E-state index contributed by atoms with van der Waals surface area (Å²) in [6, 6.07) is 0.739. The van der Waals surface area contributed by atoms with Crippen LogP contribution in [0.4, 0.5) is 0 Å². The molecule has 112 valence electrons. The van der Waals surface area contributed by atoms with Crippen LogP contribution in [0.5, 0.6) is 0 Å². The first-order valence-electron chi connectivity index (χ1n) is 7.61. The average molecular weight is 285 g/mol. The van der Waals surface area contributed by atoms with Crippen LogP contribution in [-0.2, 0) is 7.05 Å². The quantitative estimate of drug-likeness (QED) is 0.916. The lowest BCUT2D eigenvalue weighted by Gasteiger charge is -2.18. The molecule has 0 aromatic carbocycles. The van der Waals surface area contributed by atoms with Crippen molar-refractivity contribution in [2.45, 2.75) is 45.6 Å². The van der Waals surface area contributed by atoms with Crippen LogP contribution in [0.3, 0.4) is 0 Å². The molecule has 1 aliphatic carbocycles. The van der Waals surface area contributed by atoms with Crippen molar-refractivity contribution in [2.75, 3.05) is 6.54 Å². The van der Waals surface area contributed by atoms with Gasteiger partial charge in [-0.1, -0.05) is 6.92 Å². The Morgan fingerprint density at radius 1 is 1.29 bits per heavy atom. The molecule has 1 saturated carbocycles. The van der Waals surface area contributed by atoms with Gasteiger partial charge in [0, 0.05) is 31.0 Å². The van der Waals surface area contributed by atoms with Gasteiger partial charge in [0.2, 0.25) is 0 Å². The van der Waals surface area contributed by atoms with Crippen LogP contribution in [0.25, 0.3) is 11.5 Å². The maximum atomic E-state index is 4.70. The van der Waals surface area contributed by atoms with Crippen LogP contribution in [-0.4, -0.2) is 32.1 Å². The molecule has 1 N–H and O–H groups in total. The minimum absolute atomic E-state index is 0.436. The molecule has 2 aromatic rings. The van der Waals surface area contributed by atoms with Crippen molar-refractivity contribution in [3.8, 4) is 11.5 Å². The second-order valence-electron chi connectivity index (χ2n) is 6.11. The molecule has 0 amide bonds. The fraction of sp³-hybridized carbons (Fsp3) is 0.562. The van der Waals surface area contributed by atoms with Crippen molar-refractivity contribution in [2.24, 2.45) is 7.05 Å². The van der Waals surface area contributed by atoms with Crippen molar-refractivity contribution in [1.82, 2.24) is 24.8 Å². The normalized spacial score (nSPS) is 16.2. The van der Waals surface area contributed by atoms with E-state index in [1.807, 2.05) is 17.8 Å². The van der Waals surface area contributed by atoms with Gasteiger partial charge in [0.15, 0.2) is 5.82 Å². The van der Waals surface area contributed by atoms with E-state index in [-0.39, 0.29) is 0 Å². The fourth-order valence-electron chi connectivity index (χ4n) is 2.86. The van der Waals surface area contributed by atoms with Crippen molar-refractivity contribution in [1.29, 1.82) is 0 Å². The molecule has 0 aliphatic heterocycles. The summed E-state index contributed by atoms with van der Waals surface area (Å²) in [7, 11) is 1.96. The van der Waals surface area contributed by atoms with Gasteiger partial charge in [0.1, 0.15) is 5.69 Å². The first-order chi connectivity index (χ1) is 10.1. The largest absolute Gasteiger partial charge is 0.331 e. The van der Waals surface area contributed by atoms with E-state index in [0.29, 0.717) is 5.92 Å². The van der Waals surface area contributed by atoms with E-state index >= 15 is 0 Å². The molecule has 0 saturated heterocycles. The molecule has 1 unspecified atom stereocenters. The summed E-state index contributed by atoms with van der Waals surface area (Å²) >= 11 is 0. The van der Waals surface area contributed by atoms with Gasteiger partial charge >= 0.3 is 0 Å². The minimum Gasteiger partial charge on any atom is -0.331 e. The van der Waals surface area contributed by atoms with E-state index in [2.05, 4.69) is 31.1 Å². The zero-order valence-corrected chi connectivity index (χ0v) is 13.2.